The smallest absolute Gasteiger partial charge is 0.333 e. The zero-order valence-electron chi connectivity index (χ0n) is 44.5. The number of aliphatic hydroxyl groups is 1. The molecule has 1 saturated heterocycles. The number of hydrogen-bond acceptors (Lipinski definition) is 12. The van der Waals surface area contributed by atoms with Crippen LogP contribution in [-0.4, -0.2) is 202 Å². The third-order valence-electron chi connectivity index (χ3n) is 12.4. The van der Waals surface area contributed by atoms with Crippen LogP contribution in [0.1, 0.15) is 108 Å². The van der Waals surface area contributed by atoms with Crippen molar-refractivity contribution in [1.82, 2.24) is 55.6 Å². The molecule has 23 nitrogen and oxygen atoms in total. The minimum Gasteiger partial charge on any atom is -0.390 e. The maximum Gasteiger partial charge on any atom is 0.333 e. The molecule has 1 heterocycles. The second kappa shape index (κ2) is 26.7. The molecular formula is C47H81N11O12. The number of hydrogen-bond donors (Lipinski definition) is 5. The lowest BCUT2D eigenvalue weighted by molar-refractivity contribution is -0.149. The predicted octanol–water partition coefficient (Wildman–Crippen LogP) is 1.93. The second-order valence-corrected chi connectivity index (χ2v) is 19.7. The second-order valence-electron chi connectivity index (χ2n) is 19.7. The van der Waals surface area contributed by atoms with E-state index in [9.17, 15) is 57.8 Å². The topological polar surface area (TPSA) is 279 Å². The van der Waals surface area contributed by atoms with Crippen LogP contribution >= 0.6 is 0 Å². The monoisotopic (exact) mass is 992 g/mol. The minimum absolute atomic E-state index is 0.0441. The Morgan fingerprint density at radius 3 is 1.64 bits per heavy atom. The van der Waals surface area contributed by atoms with Crippen LogP contribution < -0.4 is 21.3 Å². The van der Waals surface area contributed by atoms with Gasteiger partial charge in [0.15, 0.2) is 0 Å². The van der Waals surface area contributed by atoms with E-state index < -0.39 is 126 Å². The molecule has 8 atom stereocenters. The average molecular weight is 992 g/mol. The Labute approximate surface area is 413 Å². The van der Waals surface area contributed by atoms with Crippen LogP contribution in [0.3, 0.4) is 0 Å². The van der Waals surface area contributed by atoms with Gasteiger partial charge in [-0.1, -0.05) is 53.7 Å². The predicted molar refractivity (Wildman–Crippen MR) is 260 cm³/mol. The van der Waals surface area contributed by atoms with Gasteiger partial charge in [0.25, 0.3) is 11.8 Å². The fraction of sp³-hybridized carbons (Fsp3) is 0.723. The SMILES string of the molecule is C/C=C/C[C@@H](C)C[C@H]1C(=O)N[C@@H](CC)C(=O)N(C)[C@H](C)C(=O)N(C)[C@@H](CC(C)(C)O)C(=O)NC(=O)N(C)C(=O)NC(=O)N[C@H](C)C(=O)N(C)[C@H](CC(C)C)C(=O)N(C)C(=O)N(C)[C@@H](C(C)C)C(=O)N1C. The molecule has 15 amide bonds. The maximum atomic E-state index is 14.7. The molecule has 23 heteroatoms. The number of nitrogens with zero attached hydrogens (tertiary/aromatic N) is 7. The molecule has 0 radical (unpaired) electrons. The van der Waals surface area contributed by atoms with Crippen LogP contribution in [-0.2, 0) is 33.6 Å². The number of carbonyl (C=O) groups excluding carboxylic acids is 11. The third-order valence-corrected chi connectivity index (χ3v) is 12.4. The Morgan fingerprint density at radius 2 is 1.14 bits per heavy atom. The standard InChI is InChI=1S/C47H81N11O12/c1-19-21-22-28(7)24-32-36(59)49-31(20-2)40(63)52(12)30(9)39(62)55(15)34(25-47(10,11)70)37(60)50-44(67)58(18)45(68)51-43(66)48-29(8)38(61)54(14)33(23-26(3)4)41(64)57(17)46(69)56(16)35(27(5)6)42(65)53(32)13/h19,21,26-35,70H,20,22-25H2,1-18H3,(H,49,59)(H,50,60,67)(H2,48,51,66,68)/b21-19+/t28-,29-,30-,31+,32+,33-,34+,35+/m1/s1. The zero-order chi connectivity index (χ0) is 54.4. The summed E-state index contributed by atoms with van der Waals surface area (Å²) in [5.74, 6) is -6.52. The summed E-state index contributed by atoms with van der Waals surface area (Å²) >= 11 is 0. The molecule has 0 aromatic heterocycles. The van der Waals surface area contributed by atoms with Crippen LogP contribution in [0, 0.1) is 17.8 Å². The molecule has 0 aromatic rings. The van der Waals surface area contributed by atoms with Crippen molar-refractivity contribution in [3.63, 3.8) is 0 Å². The minimum atomic E-state index is -1.60. The Morgan fingerprint density at radius 1 is 0.614 bits per heavy atom. The third kappa shape index (κ3) is 16.8. The molecule has 1 rings (SSSR count). The summed E-state index contributed by atoms with van der Waals surface area (Å²) in [6, 6.07) is -13.9. The summed E-state index contributed by atoms with van der Waals surface area (Å²) in [5, 5.41) is 19.7. The van der Waals surface area contributed by atoms with Gasteiger partial charge in [-0.05, 0) is 78.1 Å². The maximum absolute atomic E-state index is 14.7. The Hall–Kier alpha value is -6.13. The summed E-state index contributed by atoms with van der Waals surface area (Å²) in [7, 11) is 8.74. The van der Waals surface area contributed by atoms with E-state index >= 15 is 0 Å². The quantitative estimate of drug-likeness (QED) is 0.197. The van der Waals surface area contributed by atoms with Crippen molar-refractivity contribution in [3.8, 4) is 0 Å². The number of rotatable bonds is 10. The van der Waals surface area contributed by atoms with Gasteiger partial charge in [0, 0.05) is 55.8 Å². The van der Waals surface area contributed by atoms with Gasteiger partial charge in [0.2, 0.25) is 29.5 Å². The molecule has 0 bridgehead atoms. The first kappa shape index (κ1) is 61.9. The van der Waals surface area contributed by atoms with Gasteiger partial charge in [-0.25, -0.2) is 24.1 Å². The lowest BCUT2D eigenvalue weighted by Gasteiger charge is -2.39. The molecule has 0 aromatic carbocycles. The van der Waals surface area contributed by atoms with Gasteiger partial charge in [0.1, 0.15) is 42.3 Å². The van der Waals surface area contributed by atoms with Gasteiger partial charge >= 0.3 is 24.1 Å². The number of urea groups is 4. The number of carbonyl (C=O) groups is 11. The van der Waals surface area contributed by atoms with Crippen molar-refractivity contribution in [2.24, 2.45) is 17.8 Å². The van der Waals surface area contributed by atoms with Crippen molar-refractivity contribution in [1.29, 1.82) is 0 Å². The molecule has 0 saturated carbocycles. The van der Waals surface area contributed by atoms with E-state index in [0.29, 0.717) is 11.3 Å². The lowest BCUT2D eigenvalue weighted by atomic mass is 9.94. The molecular weight excluding hydrogens is 911 g/mol. The van der Waals surface area contributed by atoms with E-state index in [1.54, 1.807) is 34.6 Å². The van der Waals surface area contributed by atoms with E-state index in [2.05, 4.69) is 10.6 Å². The van der Waals surface area contributed by atoms with Crippen molar-refractivity contribution >= 4 is 65.5 Å². The van der Waals surface area contributed by atoms with E-state index in [-0.39, 0.29) is 31.1 Å². The highest BCUT2D eigenvalue weighted by Gasteiger charge is 2.43. The lowest BCUT2D eigenvalue weighted by Crippen LogP contribution is -2.61. The fourth-order valence-corrected chi connectivity index (χ4v) is 7.93. The molecule has 0 spiro atoms. The van der Waals surface area contributed by atoms with Crippen LogP contribution in [0.4, 0.5) is 19.2 Å². The zero-order valence-corrected chi connectivity index (χ0v) is 44.5. The van der Waals surface area contributed by atoms with Gasteiger partial charge in [-0.2, -0.15) is 0 Å². The summed E-state index contributed by atoms with van der Waals surface area (Å²) in [6.07, 6.45) is 4.11. The van der Waals surface area contributed by atoms with Gasteiger partial charge < -0.3 is 40.2 Å². The largest absolute Gasteiger partial charge is 0.390 e. The van der Waals surface area contributed by atoms with Crippen LogP contribution in [0.2, 0.25) is 0 Å². The molecule has 1 aliphatic rings. The van der Waals surface area contributed by atoms with Crippen molar-refractivity contribution in [3.05, 3.63) is 12.2 Å². The van der Waals surface area contributed by atoms with E-state index in [1.807, 2.05) is 36.6 Å². The first-order valence-electron chi connectivity index (χ1n) is 23.6. The first-order chi connectivity index (χ1) is 32.2. The Kier molecular flexibility index (Phi) is 23.6. The summed E-state index contributed by atoms with van der Waals surface area (Å²) < 4.78 is 0. The average Bonchev–Trinajstić information content (AvgIpc) is 3.28. The van der Waals surface area contributed by atoms with Crippen molar-refractivity contribution in [2.45, 2.75) is 156 Å². The van der Waals surface area contributed by atoms with Gasteiger partial charge in [0.05, 0.1) is 5.60 Å². The van der Waals surface area contributed by atoms with Crippen molar-refractivity contribution < 1.29 is 57.8 Å². The highest BCUT2D eigenvalue weighted by Crippen LogP contribution is 2.23. The number of allylic oxidation sites excluding steroid dienone is 2. The molecule has 1 aliphatic heterocycles. The Balaban J connectivity index is 4.06. The molecule has 5 N–H and O–H groups in total. The number of imide groups is 4. The molecule has 0 unspecified atom stereocenters. The first-order valence-corrected chi connectivity index (χ1v) is 23.6. The fourth-order valence-electron chi connectivity index (χ4n) is 7.93. The van der Waals surface area contributed by atoms with Gasteiger partial charge in [-0.3, -0.25) is 49.1 Å². The number of likely N-dealkylation sites (N-methyl/N-ethyl adjacent to an activating group) is 6. The summed E-state index contributed by atoms with van der Waals surface area (Å²) in [4.78, 5) is 159. The molecule has 1 fully saturated rings. The number of nitrogens with one attached hydrogen (secondary N) is 4. The van der Waals surface area contributed by atoms with E-state index in [1.165, 1.54) is 74.9 Å². The molecule has 0 aliphatic carbocycles. The van der Waals surface area contributed by atoms with Gasteiger partial charge in [-0.15, -0.1) is 0 Å². The Bertz CT molecular complexity index is 1970. The van der Waals surface area contributed by atoms with Crippen LogP contribution in [0.25, 0.3) is 0 Å². The van der Waals surface area contributed by atoms with Crippen molar-refractivity contribution in [2.75, 3.05) is 49.3 Å². The highest BCUT2D eigenvalue weighted by atomic mass is 16.3. The molecule has 396 valence electrons. The van der Waals surface area contributed by atoms with E-state index in [0.717, 1.165) is 31.5 Å². The summed E-state index contributed by atoms with van der Waals surface area (Å²) in [5.41, 5.74) is -1.60. The normalized spacial score (nSPS) is 25.6. The molecule has 70 heavy (non-hydrogen) atoms. The highest BCUT2D eigenvalue weighted by molar-refractivity contribution is 6.07. The van der Waals surface area contributed by atoms with Crippen LogP contribution in [0.15, 0.2) is 12.2 Å². The van der Waals surface area contributed by atoms with Crippen LogP contribution in [0.5, 0.6) is 0 Å². The number of amides is 15. The van der Waals surface area contributed by atoms with E-state index in [4.69, 9.17) is 0 Å². The summed E-state index contributed by atoms with van der Waals surface area (Å²) in [6.45, 7) is 17.7.